The Balaban J connectivity index is 1.80. The van der Waals surface area contributed by atoms with Gasteiger partial charge in [0.2, 0.25) is 11.7 Å². The van der Waals surface area contributed by atoms with Crippen molar-refractivity contribution in [3.05, 3.63) is 36.1 Å². The Labute approximate surface area is 139 Å². The van der Waals surface area contributed by atoms with E-state index in [4.69, 9.17) is 0 Å². The number of hydrogen-bond donors (Lipinski definition) is 1. The molecule has 0 unspecified atom stereocenters. The van der Waals surface area contributed by atoms with Gasteiger partial charge in [0.05, 0.1) is 12.2 Å². The lowest BCUT2D eigenvalue weighted by Gasteiger charge is -2.00. The predicted octanol–water partition coefficient (Wildman–Crippen LogP) is 2.82. The van der Waals surface area contributed by atoms with Gasteiger partial charge in [-0.15, -0.1) is 0 Å². The van der Waals surface area contributed by atoms with Gasteiger partial charge in [0.15, 0.2) is 0 Å². The number of fused-ring (bicyclic) bond motifs is 1. The van der Waals surface area contributed by atoms with Gasteiger partial charge in [0, 0.05) is 24.4 Å². The molecule has 0 aliphatic heterocycles. The Morgan fingerprint density at radius 2 is 2.08 bits per heavy atom. The minimum absolute atomic E-state index is 0.0632. The normalized spacial score (nSPS) is 11.8. The molecule has 0 spiro atoms. The van der Waals surface area contributed by atoms with Crippen LogP contribution in [0.4, 0.5) is 13.2 Å². The second-order valence-electron chi connectivity index (χ2n) is 5.36. The average molecular weight is 353 g/mol. The molecule has 0 fully saturated rings. The van der Waals surface area contributed by atoms with E-state index in [1.54, 1.807) is 28.9 Å². The molecule has 132 valence electrons. The fourth-order valence-corrected chi connectivity index (χ4v) is 2.22. The Hall–Kier alpha value is -2.91. The maximum Gasteiger partial charge on any atom is 0.471 e. The number of halogens is 3. The summed E-state index contributed by atoms with van der Waals surface area (Å²) in [6.45, 7) is 2.18. The fourth-order valence-electron chi connectivity index (χ4n) is 2.22. The van der Waals surface area contributed by atoms with Crippen molar-refractivity contribution in [3.8, 4) is 11.4 Å². The minimum Gasteiger partial charge on any atom is -0.350 e. The number of nitrogens with one attached hydrogen (secondary N) is 1. The van der Waals surface area contributed by atoms with Crippen LogP contribution in [0.5, 0.6) is 0 Å². The summed E-state index contributed by atoms with van der Waals surface area (Å²) in [6.07, 6.45) is -0.267. The second kappa shape index (κ2) is 6.54. The van der Waals surface area contributed by atoms with Crippen molar-refractivity contribution in [1.82, 2.24) is 24.8 Å². The van der Waals surface area contributed by atoms with Crippen molar-refractivity contribution < 1.29 is 22.5 Å². The van der Waals surface area contributed by atoms with Crippen molar-refractivity contribution in [2.75, 3.05) is 0 Å². The largest absolute Gasteiger partial charge is 0.471 e. The van der Waals surface area contributed by atoms with Gasteiger partial charge < -0.3 is 14.2 Å². The summed E-state index contributed by atoms with van der Waals surface area (Å²) in [4.78, 5) is 19.2. The summed E-state index contributed by atoms with van der Waals surface area (Å²) in [7, 11) is 0. The first-order valence-corrected chi connectivity index (χ1v) is 7.52. The number of amides is 1. The van der Waals surface area contributed by atoms with Crippen molar-refractivity contribution in [2.45, 2.75) is 32.5 Å². The third-order valence-electron chi connectivity index (χ3n) is 3.37. The smallest absolute Gasteiger partial charge is 0.350 e. The highest BCUT2D eigenvalue weighted by atomic mass is 19.4. The molecule has 10 heteroatoms. The molecular formula is C15H14F3N5O2. The molecule has 3 heterocycles. The summed E-state index contributed by atoms with van der Waals surface area (Å²) in [6, 6.07) is 3.17. The van der Waals surface area contributed by atoms with Gasteiger partial charge in [-0.25, -0.2) is 4.98 Å². The van der Waals surface area contributed by atoms with Crippen LogP contribution < -0.4 is 5.32 Å². The number of nitrogens with zero attached hydrogens (tertiary/aromatic N) is 4. The van der Waals surface area contributed by atoms with Crippen molar-refractivity contribution in [1.29, 1.82) is 0 Å². The topological polar surface area (TPSA) is 85.3 Å². The SMILES string of the molecule is CCCC(=O)NCc1cn2cc(-c3noc(C(F)(F)F)n3)ccc2n1. The Morgan fingerprint density at radius 1 is 1.28 bits per heavy atom. The van der Waals surface area contributed by atoms with Gasteiger partial charge in [-0.05, 0) is 18.6 Å². The van der Waals surface area contributed by atoms with E-state index < -0.39 is 12.1 Å². The Kier molecular flexibility index (Phi) is 4.43. The number of carbonyl (C=O) groups excluding carboxylic acids is 1. The predicted molar refractivity (Wildman–Crippen MR) is 80.2 cm³/mol. The molecule has 0 aromatic carbocycles. The monoisotopic (exact) mass is 353 g/mol. The van der Waals surface area contributed by atoms with Gasteiger partial charge in [0.1, 0.15) is 5.65 Å². The highest BCUT2D eigenvalue weighted by molar-refractivity contribution is 5.75. The van der Waals surface area contributed by atoms with Gasteiger partial charge in [-0.2, -0.15) is 18.2 Å². The molecular weight excluding hydrogens is 339 g/mol. The lowest BCUT2D eigenvalue weighted by molar-refractivity contribution is -0.159. The molecule has 3 rings (SSSR count). The first-order chi connectivity index (χ1) is 11.9. The first kappa shape index (κ1) is 16.9. The lowest BCUT2D eigenvalue weighted by atomic mass is 10.3. The third kappa shape index (κ3) is 3.78. The maximum atomic E-state index is 12.5. The molecule has 0 radical (unpaired) electrons. The summed E-state index contributed by atoms with van der Waals surface area (Å²) < 4.78 is 43.5. The van der Waals surface area contributed by atoms with Crippen LogP contribution in [-0.4, -0.2) is 25.4 Å². The van der Waals surface area contributed by atoms with Gasteiger partial charge in [-0.3, -0.25) is 4.79 Å². The lowest BCUT2D eigenvalue weighted by Crippen LogP contribution is -2.22. The number of imidazole rings is 1. The molecule has 0 aliphatic carbocycles. The van der Waals surface area contributed by atoms with Gasteiger partial charge in [0.25, 0.3) is 0 Å². The molecule has 0 atom stereocenters. The van der Waals surface area contributed by atoms with E-state index in [2.05, 4.69) is 25.0 Å². The van der Waals surface area contributed by atoms with E-state index in [0.29, 0.717) is 23.3 Å². The van der Waals surface area contributed by atoms with Crippen LogP contribution in [0.15, 0.2) is 29.0 Å². The maximum absolute atomic E-state index is 12.5. The average Bonchev–Trinajstić information content (AvgIpc) is 3.18. The standard InChI is InChI=1S/C15H14F3N5O2/c1-2-3-12(24)19-6-10-8-23-7-9(4-5-11(23)20-10)13-21-14(25-22-13)15(16,17)18/h4-5,7-8H,2-3,6H2,1H3,(H,19,24). The molecule has 1 N–H and O–H groups in total. The van der Waals surface area contributed by atoms with E-state index >= 15 is 0 Å². The summed E-state index contributed by atoms with van der Waals surface area (Å²) in [5, 5.41) is 6.10. The zero-order chi connectivity index (χ0) is 18.0. The van der Waals surface area contributed by atoms with Crippen LogP contribution in [0.2, 0.25) is 0 Å². The number of aromatic nitrogens is 4. The molecule has 3 aromatic rings. The minimum atomic E-state index is -4.69. The van der Waals surface area contributed by atoms with E-state index in [9.17, 15) is 18.0 Å². The summed E-state index contributed by atoms with van der Waals surface area (Å²) in [5.74, 6) is -1.63. The highest BCUT2D eigenvalue weighted by Crippen LogP contribution is 2.29. The number of hydrogen-bond acceptors (Lipinski definition) is 5. The van der Waals surface area contributed by atoms with Crippen molar-refractivity contribution in [3.63, 3.8) is 0 Å². The Bertz CT molecular complexity index is 900. The van der Waals surface area contributed by atoms with E-state index in [-0.39, 0.29) is 18.3 Å². The molecule has 3 aromatic heterocycles. The van der Waals surface area contributed by atoms with Crippen LogP contribution in [0.25, 0.3) is 17.0 Å². The van der Waals surface area contributed by atoms with Gasteiger partial charge >= 0.3 is 12.1 Å². The molecule has 0 saturated carbocycles. The highest BCUT2D eigenvalue weighted by Gasteiger charge is 2.38. The molecule has 0 bridgehead atoms. The van der Waals surface area contributed by atoms with Crippen molar-refractivity contribution >= 4 is 11.6 Å². The first-order valence-electron chi connectivity index (χ1n) is 7.52. The molecule has 25 heavy (non-hydrogen) atoms. The molecule has 0 saturated heterocycles. The van der Waals surface area contributed by atoms with E-state index in [1.165, 1.54) is 0 Å². The zero-order valence-corrected chi connectivity index (χ0v) is 13.2. The van der Waals surface area contributed by atoms with Crippen LogP contribution in [0, 0.1) is 0 Å². The summed E-state index contributed by atoms with van der Waals surface area (Å²) >= 11 is 0. The van der Waals surface area contributed by atoms with E-state index in [1.807, 2.05) is 6.92 Å². The van der Waals surface area contributed by atoms with Crippen LogP contribution in [0.3, 0.4) is 0 Å². The number of rotatable bonds is 5. The molecule has 0 aliphatic rings. The van der Waals surface area contributed by atoms with Gasteiger partial charge in [-0.1, -0.05) is 12.1 Å². The van der Waals surface area contributed by atoms with Crippen LogP contribution in [-0.2, 0) is 17.5 Å². The third-order valence-corrected chi connectivity index (χ3v) is 3.37. The number of carbonyl (C=O) groups is 1. The Morgan fingerprint density at radius 3 is 2.76 bits per heavy atom. The zero-order valence-electron chi connectivity index (χ0n) is 13.2. The quantitative estimate of drug-likeness (QED) is 0.762. The summed E-state index contributed by atoms with van der Waals surface area (Å²) in [5.41, 5.74) is 1.57. The molecule has 7 nitrogen and oxygen atoms in total. The second-order valence-corrected chi connectivity index (χ2v) is 5.36. The van der Waals surface area contributed by atoms with E-state index in [0.717, 1.165) is 6.42 Å². The van der Waals surface area contributed by atoms with Crippen molar-refractivity contribution in [2.24, 2.45) is 0 Å². The number of pyridine rings is 1. The molecule has 1 amide bonds. The van der Waals surface area contributed by atoms with Crippen LogP contribution in [0.1, 0.15) is 31.4 Å². The fraction of sp³-hybridized carbons (Fsp3) is 0.333. The number of alkyl halides is 3. The van der Waals surface area contributed by atoms with Crippen LogP contribution >= 0.6 is 0 Å².